The molecule has 0 aliphatic carbocycles. The molecule has 0 amide bonds. The molecule has 20 heavy (non-hydrogen) atoms. The van der Waals surface area contributed by atoms with Crippen LogP contribution >= 0.6 is 0 Å². The number of anilines is 1. The Kier molecular flexibility index (Phi) is 3.54. The van der Waals surface area contributed by atoms with E-state index in [9.17, 15) is 0 Å². The molecule has 0 bridgehead atoms. The van der Waals surface area contributed by atoms with Crippen LogP contribution in [-0.2, 0) is 0 Å². The summed E-state index contributed by atoms with van der Waals surface area (Å²) in [5.74, 6) is 2.45. The van der Waals surface area contributed by atoms with Gasteiger partial charge in [0.05, 0.1) is 19.0 Å². The number of hydrogen-bond donors (Lipinski definition) is 0. The van der Waals surface area contributed by atoms with Crippen LogP contribution in [-0.4, -0.2) is 30.2 Å². The van der Waals surface area contributed by atoms with E-state index in [1.807, 2.05) is 25.3 Å². The van der Waals surface area contributed by atoms with Crippen LogP contribution in [0.2, 0.25) is 0 Å². The number of hydrogen-bond acceptors (Lipinski definition) is 4. The number of methoxy groups -OCH3 is 1. The van der Waals surface area contributed by atoms with Crippen LogP contribution in [0.4, 0.5) is 5.82 Å². The van der Waals surface area contributed by atoms with E-state index in [0.717, 1.165) is 36.8 Å². The molecule has 0 saturated carbocycles. The molecule has 0 N–H and O–H groups in total. The van der Waals surface area contributed by atoms with Crippen LogP contribution in [0.5, 0.6) is 5.75 Å². The van der Waals surface area contributed by atoms with E-state index in [1.54, 1.807) is 13.3 Å². The van der Waals surface area contributed by atoms with Gasteiger partial charge in [-0.25, -0.2) is 4.98 Å². The molecule has 4 nitrogen and oxygen atoms in total. The summed E-state index contributed by atoms with van der Waals surface area (Å²) in [5.41, 5.74) is 2.25. The van der Waals surface area contributed by atoms with Gasteiger partial charge < -0.3 is 9.64 Å². The molecule has 0 spiro atoms. The van der Waals surface area contributed by atoms with E-state index >= 15 is 0 Å². The lowest BCUT2D eigenvalue weighted by Crippen LogP contribution is -2.20. The molecule has 4 heteroatoms. The topological polar surface area (TPSA) is 38.2 Å². The van der Waals surface area contributed by atoms with E-state index < -0.39 is 0 Å². The van der Waals surface area contributed by atoms with E-state index in [0.29, 0.717) is 5.92 Å². The molecular weight excluding hydrogens is 250 g/mol. The SMILES string of the molecule is COc1ccccc1C1CCN(c2cncc(C)n2)C1. The van der Waals surface area contributed by atoms with Crippen LogP contribution in [0.15, 0.2) is 36.7 Å². The Bertz CT molecular complexity index is 600. The molecule has 1 saturated heterocycles. The Hall–Kier alpha value is -2.10. The van der Waals surface area contributed by atoms with Crippen LogP contribution in [0.25, 0.3) is 0 Å². The number of nitrogens with zero attached hydrogens (tertiary/aromatic N) is 3. The minimum atomic E-state index is 0.494. The van der Waals surface area contributed by atoms with Gasteiger partial charge in [-0.1, -0.05) is 18.2 Å². The summed E-state index contributed by atoms with van der Waals surface area (Å²) in [6, 6.07) is 8.29. The highest BCUT2D eigenvalue weighted by Gasteiger charge is 2.26. The number of rotatable bonds is 3. The molecule has 1 aliphatic rings. The summed E-state index contributed by atoms with van der Waals surface area (Å²) in [4.78, 5) is 11.1. The summed E-state index contributed by atoms with van der Waals surface area (Å²) >= 11 is 0. The first kappa shape index (κ1) is 12.9. The molecular formula is C16H19N3O. The van der Waals surface area contributed by atoms with Gasteiger partial charge in [-0.05, 0) is 25.0 Å². The monoisotopic (exact) mass is 269 g/mol. The maximum absolute atomic E-state index is 5.47. The third kappa shape index (κ3) is 2.46. The zero-order valence-corrected chi connectivity index (χ0v) is 11.9. The van der Waals surface area contributed by atoms with Gasteiger partial charge in [-0.2, -0.15) is 0 Å². The van der Waals surface area contributed by atoms with Gasteiger partial charge in [0.15, 0.2) is 0 Å². The standard InChI is InChI=1S/C16H19N3O/c1-12-9-17-10-16(18-12)19-8-7-13(11-19)14-5-3-4-6-15(14)20-2/h3-6,9-10,13H,7-8,11H2,1-2H3. The summed E-state index contributed by atoms with van der Waals surface area (Å²) in [6.45, 7) is 3.96. The van der Waals surface area contributed by atoms with Crippen molar-refractivity contribution < 1.29 is 4.74 Å². The first-order valence-corrected chi connectivity index (χ1v) is 6.94. The van der Waals surface area contributed by atoms with Gasteiger partial charge >= 0.3 is 0 Å². The van der Waals surface area contributed by atoms with Crippen molar-refractivity contribution in [3.05, 3.63) is 47.9 Å². The van der Waals surface area contributed by atoms with E-state index in [-0.39, 0.29) is 0 Å². The van der Waals surface area contributed by atoms with Crippen LogP contribution in [0.3, 0.4) is 0 Å². The van der Waals surface area contributed by atoms with Crippen molar-refractivity contribution in [3.63, 3.8) is 0 Å². The average Bonchev–Trinajstić information content (AvgIpc) is 2.97. The zero-order valence-electron chi connectivity index (χ0n) is 11.9. The lowest BCUT2D eigenvalue weighted by Gasteiger charge is -2.18. The second-order valence-corrected chi connectivity index (χ2v) is 5.19. The first-order chi connectivity index (χ1) is 9.78. The lowest BCUT2D eigenvalue weighted by molar-refractivity contribution is 0.406. The molecule has 1 fully saturated rings. The molecule has 1 aliphatic heterocycles. The van der Waals surface area contributed by atoms with Crippen molar-refractivity contribution in [3.8, 4) is 5.75 Å². The highest BCUT2D eigenvalue weighted by Crippen LogP contribution is 2.34. The quantitative estimate of drug-likeness (QED) is 0.859. The average molecular weight is 269 g/mol. The number of aryl methyl sites for hydroxylation is 1. The maximum atomic E-state index is 5.47. The van der Waals surface area contributed by atoms with E-state index in [2.05, 4.69) is 27.0 Å². The predicted octanol–water partition coefficient (Wildman–Crippen LogP) is 2.79. The Labute approximate surface area is 119 Å². The largest absolute Gasteiger partial charge is 0.496 e. The second-order valence-electron chi connectivity index (χ2n) is 5.19. The lowest BCUT2D eigenvalue weighted by atomic mass is 9.97. The highest BCUT2D eigenvalue weighted by atomic mass is 16.5. The van der Waals surface area contributed by atoms with Crippen molar-refractivity contribution in [2.24, 2.45) is 0 Å². The van der Waals surface area contributed by atoms with Crippen LogP contribution in [0.1, 0.15) is 23.6 Å². The van der Waals surface area contributed by atoms with Gasteiger partial charge in [0.2, 0.25) is 0 Å². The van der Waals surface area contributed by atoms with Crippen molar-refractivity contribution in [1.29, 1.82) is 0 Å². The summed E-state index contributed by atoms with van der Waals surface area (Å²) < 4.78 is 5.47. The number of benzene rings is 1. The van der Waals surface area contributed by atoms with Gasteiger partial charge in [-0.15, -0.1) is 0 Å². The molecule has 1 atom stereocenters. The summed E-state index contributed by atoms with van der Waals surface area (Å²) in [6.07, 6.45) is 4.75. The molecule has 0 radical (unpaired) electrons. The van der Waals surface area contributed by atoms with E-state index in [4.69, 9.17) is 4.74 Å². The third-order valence-corrected chi connectivity index (χ3v) is 3.83. The zero-order chi connectivity index (χ0) is 13.9. The number of ether oxygens (including phenoxy) is 1. The summed E-state index contributed by atoms with van der Waals surface area (Å²) in [5, 5.41) is 0. The molecule has 3 rings (SSSR count). The molecule has 1 aromatic heterocycles. The number of para-hydroxylation sites is 1. The fourth-order valence-electron chi connectivity index (χ4n) is 2.83. The summed E-state index contributed by atoms with van der Waals surface area (Å²) in [7, 11) is 1.73. The Morgan fingerprint density at radius 3 is 2.90 bits per heavy atom. The number of aromatic nitrogens is 2. The Balaban J connectivity index is 1.80. The molecule has 104 valence electrons. The van der Waals surface area contributed by atoms with Crippen molar-refractivity contribution in [2.75, 3.05) is 25.1 Å². The van der Waals surface area contributed by atoms with Gasteiger partial charge in [0, 0.05) is 25.2 Å². The minimum absolute atomic E-state index is 0.494. The van der Waals surface area contributed by atoms with Gasteiger partial charge in [0.25, 0.3) is 0 Å². The third-order valence-electron chi connectivity index (χ3n) is 3.83. The fraction of sp³-hybridized carbons (Fsp3) is 0.375. The fourth-order valence-corrected chi connectivity index (χ4v) is 2.83. The van der Waals surface area contributed by atoms with Crippen LogP contribution < -0.4 is 9.64 Å². The highest BCUT2D eigenvalue weighted by molar-refractivity contribution is 5.43. The Morgan fingerprint density at radius 1 is 1.25 bits per heavy atom. The van der Waals surface area contributed by atoms with Crippen molar-refractivity contribution >= 4 is 5.82 Å². The predicted molar refractivity (Wildman–Crippen MR) is 79.3 cm³/mol. The smallest absolute Gasteiger partial charge is 0.147 e. The van der Waals surface area contributed by atoms with Crippen molar-refractivity contribution in [2.45, 2.75) is 19.3 Å². The Morgan fingerprint density at radius 2 is 2.10 bits per heavy atom. The van der Waals surface area contributed by atoms with Crippen molar-refractivity contribution in [1.82, 2.24) is 9.97 Å². The first-order valence-electron chi connectivity index (χ1n) is 6.94. The second kappa shape index (κ2) is 5.49. The molecule has 1 unspecified atom stereocenters. The van der Waals surface area contributed by atoms with Crippen LogP contribution in [0, 0.1) is 6.92 Å². The molecule has 2 heterocycles. The maximum Gasteiger partial charge on any atom is 0.147 e. The molecule has 1 aromatic carbocycles. The van der Waals surface area contributed by atoms with E-state index in [1.165, 1.54) is 5.56 Å². The minimum Gasteiger partial charge on any atom is -0.496 e. The normalized spacial score (nSPS) is 18.3. The molecule has 2 aromatic rings. The van der Waals surface area contributed by atoms with Gasteiger partial charge in [0.1, 0.15) is 11.6 Å². The van der Waals surface area contributed by atoms with Gasteiger partial charge in [-0.3, -0.25) is 4.98 Å².